The van der Waals surface area contributed by atoms with Crippen molar-refractivity contribution in [3.63, 3.8) is 0 Å². The molecule has 0 spiro atoms. The maximum atomic E-state index is 1.50. The molecule has 1 aliphatic rings. The zero-order valence-electron chi connectivity index (χ0n) is 5.54. The average Bonchev–Trinajstić information content (AvgIpc) is 0.722. The molecule has 0 unspecified atom stereocenters. The van der Waals surface area contributed by atoms with Gasteiger partial charge in [-0.1, -0.05) is 25.7 Å². The van der Waals surface area contributed by atoms with Crippen molar-refractivity contribution in [2.45, 2.75) is 25.7 Å². The van der Waals surface area contributed by atoms with Crippen molar-refractivity contribution in [1.29, 1.82) is 0 Å². The Morgan fingerprint density at radius 3 is 1.00 bits per heavy atom. The van der Waals surface area contributed by atoms with E-state index in [-0.39, 0.29) is 51.7 Å². The third-order valence-corrected chi connectivity index (χ3v) is 1.000. The van der Waals surface area contributed by atoms with Crippen molar-refractivity contribution in [2.24, 2.45) is 0 Å². The normalized spacial score (nSPS) is 19.2. The van der Waals surface area contributed by atoms with Gasteiger partial charge in [0.25, 0.3) is 0 Å². The van der Waals surface area contributed by atoms with E-state index in [2.05, 4.69) is 0 Å². The third-order valence-electron chi connectivity index (χ3n) is 1.000. The van der Waals surface area contributed by atoms with E-state index < -0.39 is 0 Å². The Kier molecular flexibility index (Phi) is 4.93. The van der Waals surface area contributed by atoms with Crippen molar-refractivity contribution in [1.82, 2.24) is 0 Å². The first kappa shape index (κ1) is 6.57. The van der Waals surface area contributed by atoms with Gasteiger partial charge in [-0.2, -0.15) is 0 Å². The molecule has 0 aromatic carbocycles. The van der Waals surface area contributed by atoms with Crippen LogP contribution in [-0.2, 0) is 0 Å². The van der Waals surface area contributed by atoms with Crippen LogP contribution >= 0.6 is 0 Å². The van der Waals surface area contributed by atoms with E-state index in [4.69, 9.17) is 0 Å². The Morgan fingerprint density at radius 2 is 1.00 bits per heavy atom. The van der Waals surface area contributed by atoms with Gasteiger partial charge in [-0.05, 0) is 0 Å². The molecule has 1 fully saturated rings. The quantitative estimate of drug-likeness (QED) is 0.513. The van der Waals surface area contributed by atoms with Crippen LogP contribution in [0.3, 0.4) is 0 Å². The van der Waals surface area contributed by atoms with E-state index in [1.165, 1.54) is 25.7 Å². The minimum absolute atomic E-state index is 0. The van der Waals surface area contributed by atoms with Crippen molar-refractivity contribution in [3.8, 4) is 0 Å². The summed E-state index contributed by atoms with van der Waals surface area (Å²) in [6, 6.07) is 0. The first-order valence-corrected chi connectivity index (χ1v) is 2.00. The van der Waals surface area contributed by atoms with Gasteiger partial charge in [-0.3, -0.25) is 0 Å². The molecule has 0 nitrogen and oxygen atoms in total. The van der Waals surface area contributed by atoms with E-state index in [0.29, 0.717) is 0 Å². The van der Waals surface area contributed by atoms with E-state index in [1.807, 2.05) is 0 Å². The molecule has 0 atom stereocenters. The molecule has 1 aliphatic carbocycles. The summed E-state index contributed by atoms with van der Waals surface area (Å²) in [6.45, 7) is 0. The minimum Gasteiger partial charge on any atom is -1.00 e. The van der Waals surface area contributed by atoms with Crippen LogP contribution in [0.5, 0.6) is 0 Å². The van der Waals surface area contributed by atoms with Crippen molar-refractivity contribution < 1.29 is 2.85 Å². The largest absolute Gasteiger partial charge is 2.00 e. The van der Waals surface area contributed by atoms with Gasteiger partial charge in [-0.15, -0.1) is 0 Å². The van der Waals surface area contributed by atoms with Crippen LogP contribution in [0.1, 0.15) is 28.5 Å². The maximum absolute atomic E-state index is 1.50. The molecule has 0 radical (unpaired) electrons. The first-order chi connectivity index (χ1) is 2.00. The standard InChI is InChI=1S/C4H8.Ba.2H/c1-2-4-3-1;;;/h1-4H2;;;/q;+2;2*-1. The van der Waals surface area contributed by atoms with Crippen LogP contribution in [0.4, 0.5) is 0 Å². The monoisotopic (exact) mass is 196 g/mol. The molecule has 5 heavy (non-hydrogen) atoms. The van der Waals surface area contributed by atoms with Gasteiger partial charge in [0.05, 0.1) is 0 Å². The summed E-state index contributed by atoms with van der Waals surface area (Å²) in [4.78, 5) is 0. The van der Waals surface area contributed by atoms with E-state index in [0.717, 1.165) is 0 Å². The van der Waals surface area contributed by atoms with Gasteiger partial charge in [-0.25, -0.2) is 0 Å². The fourth-order valence-electron chi connectivity index (χ4n) is 0.250. The summed E-state index contributed by atoms with van der Waals surface area (Å²) in [7, 11) is 0. The van der Waals surface area contributed by atoms with Crippen molar-refractivity contribution in [2.75, 3.05) is 0 Å². The molecule has 1 saturated carbocycles. The zero-order valence-corrected chi connectivity index (χ0v) is 7.98. The van der Waals surface area contributed by atoms with Gasteiger partial charge >= 0.3 is 48.9 Å². The molecule has 0 aromatic heterocycles. The summed E-state index contributed by atoms with van der Waals surface area (Å²) < 4.78 is 0. The van der Waals surface area contributed by atoms with Crippen LogP contribution in [0.25, 0.3) is 0 Å². The Balaban J connectivity index is -0.0000000533. The van der Waals surface area contributed by atoms with Crippen LogP contribution in [0.2, 0.25) is 0 Å². The predicted octanol–water partition coefficient (Wildman–Crippen LogP) is 1.40. The molecule has 1 rings (SSSR count). The summed E-state index contributed by atoms with van der Waals surface area (Å²) in [5.41, 5.74) is 0. The molecule has 1 heteroatoms. The number of hydrogen-bond acceptors (Lipinski definition) is 0. The smallest absolute Gasteiger partial charge is 1.00 e. The number of rotatable bonds is 0. The maximum Gasteiger partial charge on any atom is 2.00 e. The first-order valence-electron chi connectivity index (χ1n) is 2.00. The Hall–Kier alpha value is 1.57. The van der Waals surface area contributed by atoms with Crippen LogP contribution in [0, 0.1) is 0 Å². The molecular weight excluding hydrogens is 185 g/mol. The SMILES string of the molecule is C1CCC1.[Ba+2].[H-].[H-]. The third kappa shape index (κ3) is 2.29. The van der Waals surface area contributed by atoms with E-state index in [1.54, 1.807) is 0 Å². The van der Waals surface area contributed by atoms with E-state index in [9.17, 15) is 0 Å². The number of hydrogen-bond donors (Lipinski definition) is 0. The molecule has 0 heterocycles. The van der Waals surface area contributed by atoms with Gasteiger partial charge < -0.3 is 2.85 Å². The Morgan fingerprint density at radius 1 is 0.800 bits per heavy atom. The van der Waals surface area contributed by atoms with Crippen LogP contribution in [-0.4, -0.2) is 48.9 Å². The summed E-state index contributed by atoms with van der Waals surface area (Å²) in [6.07, 6.45) is 6.00. The molecule has 0 bridgehead atoms. The minimum atomic E-state index is 0. The molecule has 0 amide bonds. The van der Waals surface area contributed by atoms with Gasteiger partial charge in [0.15, 0.2) is 0 Å². The fraction of sp³-hybridized carbons (Fsp3) is 1.00. The van der Waals surface area contributed by atoms with Crippen LogP contribution in [0.15, 0.2) is 0 Å². The summed E-state index contributed by atoms with van der Waals surface area (Å²) in [5.74, 6) is 0. The molecular formula is C4H10Ba. The summed E-state index contributed by atoms with van der Waals surface area (Å²) >= 11 is 0. The molecule has 0 saturated heterocycles. The van der Waals surface area contributed by atoms with Crippen molar-refractivity contribution >= 4 is 48.9 Å². The Labute approximate surface area is 76.4 Å². The van der Waals surface area contributed by atoms with Crippen LogP contribution < -0.4 is 0 Å². The fourth-order valence-corrected chi connectivity index (χ4v) is 0.250. The molecule has 0 aliphatic heterocycles. The second-order valence-electron chi connectivity index (χ2n) is 1.41. The topological polar surface area (TPSA) is 0 Å². The van der Waals surface area contributed by atoms with E-state index >= 15 is 0 Å². The van der Waals surface area contributed by atoms with Gasteiger partial charge in [0.1, 0.15) is 0 Å². The summed E-state index contributed by atoms with van der Waals surface area (Å²) in [5, 5.41) is 0. The van der Waals surface area contributed by atoms with Gasteiger partial charge in [0, 0.05) is 0 Å². The molecule has 28 valence electrons. The van der Waals surface area contributed by atoms with Crippen molar-refractivity contribution in [3.05, 3.63) is 0 Å². The van der Waals surface area contributed by atoms with Gasteiger partial charge in [0.2, 0.25) is 0 Å². The Bertz CT molecular complexity index is 17.7. The molecule has 0 aromatic rings. The second kappa shape index (κ2) is 3.75. The second-order valence-corrected chi connectivity index (χ2v) is 1.41. The molecule has 0 N–H and O–H groups in total. The average molecular weight is 195 g/mol. The zero-order chi connectivity index (χ0) is 2.83. The predicted molar refractivity (Wildman–Crippen MR) is 26.4 cm³/mol.